The zero-order valence-electron chi connectivity index (χ0n) is 9.42. The Kier molecular flexibility index (Phi) is 5.61. The molecule has 2 unspecified atom stereocenters. The number of hydrogen-bond acceptors (Lipinski definition) is 3. The van der Waals surface area contributed by atoms with Crippen LogP contribution in [0.25, 0.3) is 0 Å². The lowest BCUT2D eigenvalue weighted by Gasteiger charge is -2.24. The molecule has 1 aromatic rings. The van der Waals surface area contributed by atoms with Crippen LogP contribution < -0.4 is 5.32 Å². The van der Waals surface area contributed by atoms with E-state index in [1.807, 2.05) is 18.5 Å². The van der Waals surface area contributed by atoms with Crippen LogP contribution in [0.1, 0.15) is 30.7 Å². The van der Waals surface area contributed by atoms with Crippen molar-refractivity contribution >= 4 is 22.9 Å². The zero-order valence-corrected chi connectivity index (χ0v) is 11.0. The predicted octanol–water partition coefficient (Wildman–Crippen LogP) is 3.48. The normalized spacial score (nSPS) is 15.2. The van der Waals surface area contributed by atoms with E-state index in [0.717, 1.165) is 17.9 Å². The monoisotopic (exact) mass is 247 g/mol. The highest BCUT2D eigenvalue weighted by Gasteiger charge is 2.23. The molecule has 0 aliphatic rings. The molecule has 0 aliphatic heterocycles. The Morgan fingerprint density at radius 2 is 2.33 bits per heavy atom. The summed E-state index contributed by atoms with van der Waals surface area (Å²) in [6, 6.07) is 2.13. The predicted molar refractivity (Wildman–Crippen MR) is 66.8 cm³/mol. The maximum Gasteiger partial charge on any atom is 0.0774 e. The van der Waals surface area contributed by atoms with E-state index in [2.05, 4.69) is 12.2 Å². The van der Waals surface area contributed by atoms with Crippen molar-refractivity contribution in [2.75, 3.05) is 14.2 Å². The average Bonchev–Trinajstić information content (AvgIpc) is 2.65. The molecule has 4 heteroatoms. The van der Waals surface area contributed by atoms with E-state index in [9.17, 15) is 0 Å². The average molecular weight is 248 g/mol. The van der Waals surface area contributed by atoms with Gasteiger partial charge in [-0.25, -0.2) is 0 Å². The van der Waals surface area contributed by atoms with Crippen molar-refractivity contribution in [3.05, 3.63) is 21.3 Å². The van der Waals surface area contributed by atoms with Gasteiger partial charge < -0.3 is 10.1 Å². The number of ether oxygens (including phenoxy) is 1. The Hall–Kier alpha value is -0.0900. The molecule has 2 nitrogen and oxygen atoms in total. The fraction of sp³-hybridized carbons (Fsp3) is 0.636. The molecule has 0 bridgehead atoms. The van der Waals surface area contributed by atoms with E-state index < -0.39 is 0 Å². The van der Waals surface area contributed by atoms with Gasteiger partial charge in [-0.05, 0) is 24.9 Å². The Bertz CT molecular complexity index is 290. The van der Waals surface area contributed by atoms with Crippen LogP contribution in [0.4, 0.5) is 0 Å². The standard InChI is InChI=1S/C11H18ClNOS/c1-4-5-9(14-3)10(13-2)11-8(12)6-7-15-11/h6-7,9-10,13H,4-5H2,1-3H3. The molecule has 1 heterocycles. The molecule has 0 amide bonds. The van der Waals surface area contributed by atoms with Gasteiger partial charge in [0.2, 0.25) is 0 Å². The van der Waals surface area contributed by atoms with Gasteiger partial charge in [-0.1, -0.05) is 24.9 Å². The van der Waals surface area contributed by atoms with Crippen LogP contribution in [-0.4, -0.2) is 20.3 Å². The van der Waals surface area contributed by atoms with Crippen molar-refractivity contribution in [2.45, 2.75) is 31.9 Å². The largest absolute Gasteiger partial charge is 0.379 e. The Morgan fingerprint density at radius 1 is 1.60 bits per heavy atom. The third-order valence-corrected chi connectivity index (χ3v) is 3.93. The van der Waals surface area contributed by atoms with E-state index in [1.165, 1.54) is 4.88 Å². The summed E-state index contributed by atoms with van der Waals surface area (Å²) >= 11 is 7.81. The van der Waals surface area contributed by atoms with Crippen molar-refractivity contribution in [3.8, 4) is 0 Å². The first kappa shape index (κ1) is 13.0. The number of hydrogen-bond donors (Lipinski definition) is 1. The minimum Gasteiger partial charge on any atom is -0.379 e. The fourth-order valence-corrected chi connectivity index (χ4v) is 3.05. The van der Waals surface area contributed by atoms with Crippen LogP contribution in [0.2, 0.25) is 5.02 Å². The van der Waals surface area contributed by atoms with E-state index >= 15 is 0 Å². The lowest BCUT2D eigenvalue weighted by molar-refractivity contribution is 0.0641. The van der Waals surface area contributed by atoms with E-state index in [-0.39, 0.29) is 12.1 Å². The van der Waals surface area contributed by atoms with Gasteiger partial charge in [0, 0.05) is 12.0 Å². The third-order valence-electron chi connectivity index (χ3n) is 2.49. The number of rotatable bonds is 6. The molecule has 0 fully saturated rings. The van der Waals surface area contributed by atoms with Gasteiger partial charge in [-0.2, -0.15) is 0 Å². The quantitative estimate of drug-likeness (QED) is 0.831. The molecule has 1 aromatic heterocycles. The minimum atomic E-state index is 0.191. The van der Waals surface area contributed by atoms with Gasteiger partial charge in [0.05, 0.1) is 17.2 Å². The number of likely N-dealkylation sites (N-methyl/N-ethyl adjacent to an activating group) is 1. The molecule has 1 rings (SSSR count). The van der Waals surface area contributed by atoms with Crippen LogP contribution in [0.15, 0.2) is 11.4 Å². The summed E-state index contributed by atoms with van der Waals surface area (Å²) in [4.78, 5) is 1.17. The second-order valence-corrected chi connectivity index (χ2v) is 4.82. The van der Waals surface area contributed by atoms with Crippen LogP contribution in [0, 0.1) is 0 Å². The molecule has 86 valence electrons. The van der Waals surface area contributed by atoms with E-state index in [4.69, 9.17) is 16.3 Å². The maximum absolute atomic E-state index is 6.13. The Balaban J connectivity index is 2.82. The fourth-order valence-electron chi connectivity index (χ4n) is 1.72. The van der Waals surface area contributed by atoms with Crippen LogP contribution >= 0.6 is 22.9 Å². The number of halogens is 1. The summed E-state index contributed by atoms with van der Waals surface area (Å²) in [5.74, 6) is 0. The first-order valence-electron chi connectivity index (χ1n) is 5.17. The van der Waals surface area contributed by atoms with Crippen LogP contribution in [-0.2, 0) is 4.74 Å². The van der Waals surface area contributed by atoms with Gasteiger partial charge >= 0.3 is 0 Å². The highest BCUT2D eigenvalue weighted by Crippen LogP contribution is 2.32. The lowest BCUT2D eigenvalue weighted by Crippen LogP contribution is -2.30. The molecule has 0 aromatic carbocycles. The third kappa shape index (κ3) is 3.18. The summed E-state index contributed by atoms with van der Waals surface area (Å²) in [6.45, 7) is 2.16. The summed E-state index contributed by atoms with van der Waals surface area (Å²) in [6.07, 6.45) is 2.34. The van der Waals surface area contributed by atoms with Gasteiger partial charge in [-0.15, -0.1) is 11.3 Å². The highest BCUT2D eigenvalue weighted by atomic mass is 35.5. The van der Waals surface area contributed by atoms with Gasteiger partial charge in [-0.3, -0.25) is 0 Å². The number of nitrogens with one attached hydrogen (secondary N) is 1. The Labute approximate surface area is 101 Å². The van der Waals surface area contributed by atoms with E-state index in [0.29, 0.717) is 0 Å². The molecule has 15 heavy (non-hydrogen) atoms. The van der Waals surface area contributed by atoms with Crippen molar-refractivity contribution in [2.24, 2.45) is 0 Å². The molecule has 0 saturated carbocycles. The van der Waals surface area contributed by atoms with Crippen LogP contribution in [0.3, 0.4) is 0 Å². The molecular weight excluding hydrogens is 230 g/mol. The Morgan fingerprint density at radius 3 is 2.73 bits per heavy atom. The van der Waals surface area contributed by atoms with Crippen molar-refractivity contribution in [1.29, 1.82) is 0 Å². The molecule has 0 aliphatic carbocycles. The lowest BCUT2D eigenvalue weighted by atomic mass is 10.0. The molecule has 0 spiro atoms. The molecule has 0 saturated heterocycles. The van der Waals surface area contributed by atoms with Gasteiger partial charge in [0.25, 0.3) is 0 Å². The summed E-state index contributed by atoms with van der Waals surface area (Å²) in [5.41, 5.74) is 0. The SMILES string of the molecule is CCCC(OC)C(NC)c1sccc1Cl. The van der Waals surface area contributed by atoms with E-state index in [1.54, 1.807) is 18.4 Å². The first-order chi connectivity index (χ1) is 7.24. The van der Waals surface area contributed by atoms with Gasteiger partial charge in [0.15, 0.2) is 0 Å². The van der Waals surface area contributed by atoms with Crippen LogP contribution in [0.5, 0.6) is 0 Å². The van der Waals surface area contributed by atoms with Crippen molar-refractivity contribution in [1.82, 2.24) is 5.32 Å². The van der Waals surface area contributed by atoms with Gasteiger partial charge in [0.1, 0.15) is 0 Å². The highest BCUT2D eigenvalue weighted by molar-refractivity contribution is 7.10. The summed E-state index contributed by atoms with van der Waals surface area (Å²) in [5, 5.41) is 6.13. The zero-order chi connectivity index (χ0) is 11.3. The molecule has 2 atom stereocenters. The minimum absolute atomic E-state index is 0.191. The summed E-state index contributed by atoms with van der Waals surface area (Å²) in [7, 11) is 3.70. The first-order valence-corrected chi connectivity index (χ1v) is 6.43. The molecule has 0 radical (unpaired) electrons. The molecule has 1 N–H and O–H groups in total. The smallest absolute Gasteiger partial charge is 0.0774 e. The topological polar surface area (TPSA) is 21.3 Å². The number of thiophene rings is 1. The van der Waals surface area contributed by atoms with Crippen molar-refractivity contribution < 1.29 is 4.74 Å². The molecular formula is C11H18ClNOS. The number of methoxy groups -OCH3 is 1. The second-order valence-electron chi connectivity index (χ2n) is 3.46. The maximum atomic E-state index is 6.13. The second kappa shape index (κ2) is 6.48. The van der Waals surface area contributed by atoms with Crippen molar-refractivity contribution in [3.63, 3.8) is 0 Å². The summed E-state index contributed by atoms with van der Waals surface area (Å²) < 4.78 is 5.51.